The fraction of sp³-hybridized carbons (Fsp3) is 0.647. The Morgan fingerprint density at radius 2 is 1.95 bits per heavy atom. The van der Waals surface area contributed by atoms with E-state index >= 15 is 0 Å². The van der Waals surface area contributed by atoms with Gasteiger partial charge in [0.1, 0.15) is 6.26 Å². The molecule has 2 heterocycles. The Morgan fingerprint density at radius 1 is 1.14 bits per heavy atom. The van der Waals surface area contributed by atoms with Gasteiger partial charge in [0.05, 0.1) is 17.7 Å². The average Bonchev–Trinajstić information content (AvgIpc) is 3.09. The van der Waals surface area contributed by atoms with Crippen molar-refractivity contribution in [3.63, 3.8) is 0 Å². The summed E-state index contributed by atoms with van der Waals surface area (Å²) in [7, 11) is 0. The standard InChI is InChI=1S/C17H24N2O3/c20-16(18-15-6-2-1-3-7-15)13-5-4-9-19(11-13)17(21)14-8-10-22-12-14/h8,10,12-13,15H,1-7,9,11H2,(H,18,20). The molecule has 1 atom stereocenters. The van der Waals surface area contributed by atoms with Gasteiger partial charge in [0.15, 0.2) is 0 Å². The van der Waals surface area contributed by atoms with Crippen molar-refractivity contribution in [3.05, 3.63) is 24.2 Å². The summed E-state index contributed by atoms with van der Waals surface area (Å²) in [6.07, 6.45) is 10.6. The summed E-state index contributed by atoms with van der Waals surface area (Å²) in [5.74, 6) is 0.00652. The zero-order valence-corrected chi connectivity index (χ0v) is 12.9. The second kappa shape index (κ2) is 6.99. The highest BCUT2D eigenvalue weighted by Crippen LogP contribution is 2.21. The second-order valence-corrected chi connectivity index (χ2v) is 6.45. The zero-order chi connectivity index (χ0) is 15.4. The highest BCUT2D eigenvalue weighted by atomic mass is 16.3. The number of likely N-dealkylation sites (tertiary alicyclic amines) is 1. The van der Waals surface area contributed by atoms with Crippen LogP contribution in [-0.2, 0) is 4.79 Å². The van der Waals surface area contributed by atoms with Crippen LogP contribution in [0.25, 0.3) is 0 Å². The Labute approximate surface area is 131 Å². The SMILES string of the molecule is O=C(NC1CCCCC1)C1CCCN(C(=O)c2ccoc2)C1. The van der Waals surface area contributed by atoms with Gasteiger partial charge in [-0.1, -0.05) is 19.3 Å². The molecule has 1 N–H and O–H groups in total. The number of amides is 2. The third kappa shape index (κ3) is 3.51. The highest BCUT2D eigenvalue weighted by Gasteiger charge is 2.30. The summed E-state index contributed by atoms with van der Waals surface area (Å²) >= 11 is 0. The molecule has 0 spiro atoms. The normalized spacial score (nSPS) is 23.3. The Morgan fingerprint density at radius 3 is 2.68 bits per heavy atom. The van der Waals surface area contributed by atoms with Gasteiger partial charge in [-0.3, -0.25) is 9.59 Å². The number of piperidine rings is 1. The van der Waals surface area contributed by atoms with E-state index in [1.54, 1.807) is 11.0 Å². The number of nitrogens with one attached hydrogen (secondary N) is 1. The largest absolute Gasteiger partial charge is 0.472 e. The van der Waals surface area contributed by atoms with Crippen LogP contribution >= 0.6 is 0 Å². The minimum absolute atomic E-state index is 0.0380. The van der Waals surface area contributed by atoms with Gasteiger partial charge in [-0.15, -0.1) is 0 Å². The predicted octanol–water partition coefficient (Wildman–Crippen LogP) is 2.58. The lowest BCUT2D eigenvalue weighted by Crippen LogP contribution is -2.47. The topological polar surface area (TPSA) is 62.6 Å². The van der Waals surface area contributed by atoms with Crippen LogP contribution in [0.1, 0.15) is 55.3 Å². The summed E-state index contributed by atoms with van der Waals surface area (Å²) in [6.45, 7) is 1.24. The highest BCUT2D eigenvalue weighted by molar-refractivity contribution is 5.94. The fourth-order valence-corrected chi connectivity index (χ4v) is 3.51. The minimum atomic E-state index is -0.0773. The van der Waals surface area contributed by atoms with E-state index in [9.17, 15) is 9.59 Å². The van der Waals surface area contributed by atoms with Crippen LogP contribution in [0.5, 0.6) is 0 Å². The molecule has 1 aliphatic carbocycles. The van der Waals surface area contributed by atoms with Crippen molar-refractivity contribution in [2.75, 3.05) is 13.1 Å². The number of furan rings is 1. The molecule has 2 fully saturated rings. The van der Waals surface area contributed by atoms with E-state index in [0.29, 0.717) is 18.2 Å². The Kier molecular flexibility index (Phi) is 4.80. The number of hydrogen-bond donors (Lipinski definition) is 1. The molecular formula is C17H24N2O3. The maximum atomic E-state index is 12.5. The molecule has 1 unspecified atom stereocenters. The van der Waals surface area contributed by atoms with Gasteiger partial charge in [-0.2, -0.15) is 0 Å². The van der Waals surface area contributed by atoms with Crippen LogP contribution in [0, 0.1) is 5.92 Å². The predicted molar refractivity (Wildman–Crippen MR) is 82.4 cm³/mol. The van der Waals surface area contributed by atoms with Crippen molar-refractivity contribution in [2.24, 2.45) is 5.92 Å². The van der Waals surface area contributed by atoms with Crippen molar-refractivity contribution >= 4 is 11.8 Å². The molecule has 22 heavy (non-hydrogen) atoms. The summed E-state index contributed by atoms with van der Waals surface area (Å²) in [5.41, 5.74) is 0.563. The van der Waals surface area contributed by atoms with E-state index in [1.807, 2.05) is 0 Å². The number of rotatable bonds is 3. The van der Waals surface area contributed by atoms with E-state index in [0.717, 1.165) is 32.2 Å². The molecule has 1 saturated carbocycles. The molecule has 0 radical (unpaired) electrons. The van der Waals surface area contributed by atoms with E-state index in [2.05, 4.69) is 5.32 Å². The molecular weight excluding hydrogens is 280 g/mol. The van der Waals surface area contributed by atoms with Gasteiger partial charge in [-0.05, 0) is 31.7 Å². The first-order chi connectivity index (χ1) is 10.7. The summed E-state index contributed by atoms with van der Waals surface area (Å²) in [6, 6.07) is 2.01. The molecule has 1 aliphatic heterocycles. The number of hydrogen-bond acceptors (Lipinski definition) is 3. The van der Waals surface area contributed by atoms with Crippen LogP contribution < -0.4 is 5.32 Å². The number of carbonyl (C=O) groups is 2. The Hall–Kier alpha value is -1.78. The maximum absolute atomic E-state index is 12.5. The van der Waals surface area contributed by atoms with E-state index in [4.69, 9.17) is 4.42 Å². The summed E-state index contributed by atoms with van der Waals surface area (Å²) in [4.78, 5) is 26.6. The quantitative estimate of drug-likeness (QED) is 0.933. The van der Waals surface area contributed by atoms with Gasteiger partial charge < -0.3 is 14.6 Å². The molecule has 0 aromatic carbocycles. The minimum Gasteiger partial charge on any atom is -0.472 e. The second-order valence-electron chi connectivity index (χ2n) is 6.45. The summed E-state index contributed by atoms with van der Waals surface area (Å²) in [5, 5.41) is 3.19. The van der Waals surface area contributed by atoms with Crippen LogP contribution in [0.3, 0.4) is 0 Å². The van der Waals surface area contributed by atoms with Crippen molar-refractivity contribution < 1.29 is 14.0 Å². The van der Waals surface area contributed by atoms with Gasteiger partial charge in [0, 0.05) is 19.1 Å². The molecule has 2 amide bonds. The first kappa shape index (κ1) is 15.1. The third-order valence-electron chi connectivity index (χ3n) is 4.80. The molecule has 3 rings (SSSR count). The van der Waals surface area contributed by atoms with Gasteiger partial charge in [0.25, 0.3) is 5.91 Å². The van der Waals surface area contributed by atoms with Crippen LogP contribution in [-0.4, -0.2) is 35.8 Å². The van der Waals surface area contributed by atoms with Gasteiger partial charge in [-0.25, -0.2) is 0 Å². The third-order valence-corrected chi connectivity index (χ3v) is 4.80. The lowest BCUT2D eigenvalue weighted by molar-refractivity contribution is -0.127. The van der Waals surface area contributed by atoms with Crippen LogP contribution in [0.15, 0.2) is 23.0 Å². The maximum Gasteiger partial charge on any atom is 0.257 e. The van der Waals surface area contributed by atoms with Crippen LogP contribution in [0.4, 0.5) is 0 Å². The van der Waals surface area contributed by atoms with Gasteiger partial charge in [0.2, 0.25) is 5.91 Å². The number of nitrogens with zero attached hydrogens (tertiary/aromatic N) is 1. The average molecular weight is 304 g/mol. The van der Waals surface area contributed by atoms with E-state index in [1.165, 1.54) is 31.8 Å². The smallest absolute Gasteiger partial charge is 0.257 e. The number of carbonyl (C=O) groups excluding carboxylic acids is 2. The van der Waals surface area contributed by atoms with Crippen LogP contribution in [0.2, 0.25) is 0 Å². The van der Waals surface area contributed by atoms with E-state index in [-0.39, 0.29) is 17.7 Å². The van der Waals surface area contributed by atoms with Crippen molar-refractivity contribution in [1.82, 2.24) is 10.2 Å². The van der Waals surface area contributed by atoms with E-state index < -0.39 is 0 Å². The lowest BCUT2D eigenvalue weighted by Gasteiger charge is -2.33. The van der Waals surface area contributed by atoms with Gasteiger partial charge >= 0.3 is 0 Å². The molecule has 2 aliphatic rings. The molecule has 5 nitrogen and oxygen atoms in total. The molecule has 1 saturated heterocycles. The molecule has 0 bridgehead atoms. The van der Waals surface area contributed by atoms with Crippen molar-refractivity contribution in [3.8, 4) is 0 Å². The molecule has 1 aromatic heterocycles. The first-order valence-electron chi connectivity index (χ1n) is 8.36. The fourth-order valence-electron chi connectivity index (χ4n) is 3.51. The Bertz CT molecular complexity index is 506. The molecule has 1 aromatic rings. The van der Waals surface area contributed by atoms with Crippen molar-refractivity contribution in [1.29, 1.82) is 0 Å². The monoisotopic (exact) mass is 304 g/mol. The van der Waals surface area contributed by atoms with Crippen molar-refractivity contribution in [2.45, 2.75) is 51.0 Å². The summed E-state index contributed by atoms with van der Waals surface area (Å²) < 4.78 is 4.97. The lowest BCUT2D eigenvalue weighted by atomic mass is 9.93. The first-order valence-corrected chi connectivity index (χ1v) is 8.36. The molecule has 120 valence electrons. The zero-order valence-electron chi connectivity index (χ0n) is 12.9. The Balaban J connectivity index is 1.55. The molecule has 5 heteroatoms.